The summed E-state index contributed by atoms with van der Waals surface area (Å²) in [7, 11) is 0. The van der Waals surface area contributed by atoms with Crippen molar-refractivity contribution in [2.75, 3.05) is 0 Å². The van der Waals surface area contributed by atoms with E-state index in [0.29, 0.717) is 5.92 Å². The number of fused-ring (bicyclic) bond motifs is 1. The molecule has 104 valence electrons. The van der Waals surface area contributed by atoms with E-state index in [1.165, 1.54) is 34.0 Å². The molecule has 1 atom stereocenters. The largest absolute Gasteiger partial charge is 0.319 e. The average molecular weight is 284 g/mol. The zero-order valence-electron chi connectivity index (χ0n) is 11.6. The molecule has 2 N–H and O–H groups in total. The van der Waals surface area contributed by atoms with Gasteiger partial charge in [0.1, 0.15) is 5.01 Å². The monoisotopic (exact) mass is 284 g/mol. The minimum Gasteiger partial charge on any atom is -0.319 e. The number of aromatic nitrogens is 1. The number of nitrogens with zero attached hydrogens (tertiary/aromatic N) is 1. The van der Waals surface area contributed by atoms with E-state index in [1.807, 2.05) is 11.3 Å². The van der Waals surface area contributed by atoms with Crippen LogP contribution in [0.1, 0.15) is 52.7 Å². The van der Waals surface area contributed by atoms with Gasteiger partial charge in [-0.05, 0) is 50.0 Å². The summed E-state index contributed by atoms with van der Waals surface area (Å²) in [6.45, 7) is 0. The SMILES string of the molecule is NC1(c2nc3c(s2)CC(c2ccccc2)CC3)CCC1. The number of hydrogen-bond acceptors (Lipinski definition) is 3. The van der Waals surface area contributed by atoms with E-state index in [9.17, 15) is 0 Å². The Bertz CT molecular complexity index is 613. The Morgan fingerprint density at radius 2 is 2.00 bits per heavy atom. The van der Waals surface area contributed by atoms with Crippen molar-refractivity contribution in [1.29, 1.82) is 0 Å². The first-order chi connectivity index (χ1) is 9.74. The van der Waals surface area contributed by atoms with Crippen LogP contribution < -0.4 is 5.73 Å². The molecule has 1 saturated carbocycles. The summed E-state index contributed by atoms with van der Waals surface area (Å²) >= 11 is 1.88. The lowest BCUT2D eigenvalue weighted by molar-refractivity contribution is 0.252. The Kier molecular flexibility index (Phi) is 2.93. The van der Waals surface area contributed by atoms with Crippen LogP contribution in [-0.4, -0.2) is 4.98 Å². The van der Waals surface area contributed by atoms with Crippen molar-refractivity contribution in [1.82, 2.24) is 4.98 Å². The molecule has 0 radical (unpaired) electrons. The highest BCUT2D eigenvalue weighted by Gasteiger charge is 2.38. The van der Waals surface area contributed by atoms with Crippen molar-refractivity contribution in [2.45, 2.75) is 50.0 Å². The van der Waals surface area contributed by atoms with Crippen molar-refractivity contribution in [2.24, 2.45) is 5.73 Å². The number of thiazole rings is 1. The molecule has 1 unspecified atom stereocenters. The van der Waals surface area contributed by atoms with E-state index >= 15 is 0 Å². The predicted molar refractivity (Wildman–Crippen MR) is 83.0 cm³/mol. The van der Waals surface area contributed by atoms with Crippen LogP contribution in [0.15, 0.2) is 30.3 Å². The summed E-state index contributed by atoms with van der Waals surface area (Å²) in [5.74, 6) is 0.659. The smallest absolute Gasteiger partial charge is 0.113 e. The highest BCUT2D eigenvalue weighted by atomic mass is 32.1. The minimum atomic E-state index is -0.0930. The fourth-order valence-corrected chi connectivity index (χ4v) is 4.72. The zero-order chi connectivity index (χ0) is 13.6. The van der Waals surface area contributed by atoms with Crippen LogP contribution in [0, 0.1) is 0 Å². The van der Waals surface area contributed by atoms with Gasteiger partial charge >= 0.3 is 0 Å². The van der Waals surface area contributed by atoms with Gasteiger partial charge in [0.2, 0.25) is 0 Å². The topological polar surface area (TPSA) is 38.9 Å². The normalized spacial score (nSPS) is 23.9. The van der Waals surface area contributed by atoms with Crippen molar-refractivity contribution < 1.29 is 0 Å². The van der Waals surface area contributed by atoms with Crippen LogP contribution in [-0.2, 0) is 18.4 Å². The molecule has 2 nitrogen and oxygen atoms in total. The molecular weight excluding hydrogens is 264 g/mol. The number of hydrogen-bond donors (Lipinski definition) is 1. The maximum atomic E-state index is 6.43. The maximum absolute atomic E-state index is 6.43. The second kappa shape index (κ2) is 4.68. The van der Waals surface area contributed by atoms with E-state index in [0.717, 1.165) is 25.7 Å². The quantitative estimate of drug-likeness (QED) is 0.912. The van der Waals surface area contributed by atoms with Crippen LogP contribution >= 0.6 is 11.3 Å². The van der Waals surface area contributed by atoms with Gasteiger partial charge in [0.05, 0.1) is 11.2 Å². The molecule has 1 aromatic carbocycles. The molecule has 0 bridgehead atoms. The molecule has 2 aliphatic rings. The molecular formula is C17H20N2S. The Balaban J connectivity index is 1.60. The third kappa shape index (κ3) is 2.00. The van der Waals surface area contributed by atoms with E-state index in [1.54, 1.807) is 0 Å². The molecule has 20 heavy (non-hydrogen) atoms. The minimum absolute atomic E-state index is 0.0930. The lowest BCUT2D eigenvalue weighted by atomic mass is 9.78. The molecule has 0 aliphatic heterocycles. The molecule has 0 spiro atoms. The van der Waals surface area contributed by atoms with Crippen molar-refractivity contribution >= 4 is 11.3 Å². The van der Waals surface area contributed by atoms with Crippen molar-refractivity contribution in [3.8, 4) is 0 Å². The van der Waals surface area contributed by atoms with E-state index < -0.39 is 0 Å². The molecule has 4 rings (SSSR count). The van der Waals surface area contributed by atoms with Crippen molar-refractivity contribution in [3.05, 3.63) is 51.5 Å². The van der Waals surface area contributed by atoms with Gasteiger partial charge in [0.15, 0.2) is 0 Å². The molecule has 1 heterocycles. The summed E-state index contributed by atoms with van der Waals surface area (Å²) in [5.41, 5.74) is 9.14. The summed E-state index contributed by atoms with van der Waals surface area (Å²) in [6, 6.07) is 10.9. The maximum Gasteiger partial charge on any atom is 0.113 e. The molecule has 2 aromatic rings. The average Bonchev–Trinajstić information content (AvgIpc) is 2.89. The van der Waals surface area contributed by atoms with Gasteiger partial charge in [-0.3, -0.25) is 0 Å². The summed E-state index contributed by atoms with van der Waals surface area (Å²) in [6.07, 6.45) is 6.96. The lowest BCUT2D eigenvalue weighted by Crippen LogP contribution is -2.43. The van der Waals surface area contributed by atoms with Crippen LogP contribution in [0.2, 0.25) is 0 Å². The number of rotatable bonds is 2. The van der Waals surface area contributed by atoms with Gasteiger partial charge < -0.3 is 5.73 Å². The van der Waals surface area contributed by atoms with Gasteiger partial charge in [-0.1, -0.05) is 30.3 Å². The van der Waals surface area contributed by atoms with E-state index in [4.69, 9.17) is 10.7 Å². The summed E-state index contributed by atoms with van der Waals surface area (Å²) < 4.78 is 0. The van der Waals surface area contributed by atoms with Crippen LogP contribution in [0.4, 0.5) is 0 Å². The first-order valence-corrected chi connectivity index (χ1v) is 8.39. The number of nitrogens with two attached hydrogens (primary N) is 1. The molecule has 2 aliphatic carbocycles. The Morgan fingerprint density at radius 3 is 2.70 bits per heavy atom. The molecule has 0 amide bonds. The molecule has 3 heteroatoms. The van der Waals surface area contributed by atoms with Crippen LogP contribution in [0.25, 0.3) is 0 Å². The Hall–Kier alpha value is -1.19. The van der Waals surface area contributed by atoms with Crippen LogP contribution in [0.5, 0.6) is 0 Å². The van der Waals surface area contributed by atoms with Gasteiger partial charge in [0, 0.05) is 4.88 Å². The number of aryl methyl sites for hydroxylation is 1. The highest BCUT2D eigenvalue weighted by Crippen LogP contribution is 2.43. The third-order valence-electron chi connectivity index (χ3n) is 4.88. The van der Waals surface area contributed by atoms with Crippen molar-refractivity contribution in [3.63, 3.8) is 0 Å². The third-order valence-corrected chi connectivity index (χ3v) is 6.22. The van der Waals surface area contributed by atoms with E-state index in [2.05, 4.69) is 30.3 Å². The van der Waals surface area contributed by atoms with Gasteiger partial charge in [-0.15, -0.1) is 11.3 Å². The second-order valence-corrected chi connectivity index (χ2v) is 7.33. The first-order valence-electron chi connectivity index (χ1n) is 7.57. The van der Waals surface area contributed by atoms with Gasteiger partial charge in [-0.2, -0.15) is 0 Å². The zero-order valence-corrected chi connectivity index (χ0v) is 12.5. The van der Waals surface area contributed by atoms with E-state index in [-0.39, 0.29) is 5.54 Å². The van der Waals surface area contributed by atoms with Crippen LogP contribution in [0.3, 0.4) is 0 Å². The lowest BCUT2D eigenvalue weighted by Gasteiger charge is -2.35. The van der Waals surface area contributed by atoms with Gasteiger partial charge in [0.25, 0.3) is 0 Å². The fraction of sp³-hybridized carbons (Fsp3) is 0.471. The summed E-state index contributed by atoms with van der Waals surface area (Å²) in [5, 5.41) is 1.20. The first kappa shape index (κ1) is 12.5. The second-order valence-electron chi connectivity index (χ2n) is 6.25. The summed E-state index contributed by atoms with van der Waals surface area (Å²) in [4.78, 5) is 6.35. The molecule has 0 saturated heterocycles. The molecule has 1 aromatic heterocycles. The number of benzene rings is 1. The highest BCUT2D eigenvalue weighted by molar-refractivity contribution is 7.12. The molecule has 1 fully saturated rings. The predicted octanol–water partition coefficient (Wildman–Crippen LogP) is 3.75. The Labute approximate surface area is 124 Å². The standard InChI is InChI=1S/C17H20N2S/c18-17(9-4-10-17)16-19-14-8-7-13(11-15(14)20-16)12-5-2-1-3-6-12/h1-3,5-6,13H,4,7-11,18H2. The van der Waals surface area contributed by atoms with Gasteiger partial charge in [-0.25, -0.2) is 4.98 Å². The Morgan fingerprint density at radius 1 is 1.20 bits per heavy atom. The fourth-order valence-electron chi connectivity index (χ4n) is 3.37.